The smallest absolute Gasteiger partial charge is 0.406 e. The molecule has 1 aliphatic rings. The molecule has 5 rings (SSSR count). The van der Waals surface area contributed by atoms with Crippen LogP contribution in [0, 0.1) is 33.2 Å². The van der Waals surface area contributed by atoms with Crippen LogP contribution in [0.5, 0.6) is 5.75 Å². The molecule has 0 bridgehead atoms. The molecular weight excluding hydrogens is 557 g/mol. The van der Waals surface area contributed by atoms with Crippen molar-refractivity contribution in [2.45, 2.75) is 38.8 Å². The largest absolute Gasteiger partial charge is 0.478 e. The van der Waals surface area contributed by atoms with Gasteiger partial charge in [-0.15, -0.1) is 0 Å². The van der Waals surface area contributed by atoms with Gasteiger partial charge in [0.1, 0.15) is 18.0 Å². The van der Waals surface area contributed by atoms with Crippen molar-refractivity contribution in [3.8, 4) is 23.1 Å². The van der Waals surface area contributed by atoms with Crippen LogP contribution in [0.15, 0.2) is 47.3 Å². The Balaban J connectivity index is 1.50. The fraction of sp³-hybridized carbons (Fsp3) is 0.308. The number of pyridine rings is 1. The summed E-state index contributed by atoms with van der Waals surface area (Å²) in [5.74, 6) is -0.353. The summed E-state index contributed by atoms with van der Waals surface area (Å²) in [6.45, 7) is 2.48. The highest BCUT2D eigenvalue weighted by molar-refractivity contribution is 9.10. The SMILES string of the molecule is C[C@@H](Oc1cc(Br)cnc1[N+](=O)[O-])c1cc(F)ccc1-c1nn(C)cc1Cc1cn(CC2CC2)nc1C#N. The summed E-state index contributed by atoms with van der Waals surface area (Å²) in [4.78, 5) is 14.7. The van der Waals surface area contributed by atoms with Crippen LogP contribution in [-0.4, -0.2) is 29.5 Å². The van der Waals surface area contributed by atoms with E-state index in [1.807, 2.05) is 17.1 Å². The highest BCUT2D eigenvalue weighted by Crippen LogP contribution is 2.37. The Labute approximate surface area is 226 Å². The fourth-order valence-electron chi connectivity index (χ4n) is 4.42. The first-order chi connectivity index (χ1) is 18.2. The van der Waals surface area contributed by atoms with Crippen LogP contribution in [0.1, 0.15) is 48.3 Å². The lowest BCUT2D eigenvalue weighted by molar-refractivity contribution is -0.390. The van der Waals surface area contributed by atoms with E-state index in [1.165, 1.54) is 37.2 Å². The Morgan fingerprint density at radius 1 is 1.29 bits per heavy atom. The zero-order chi connectivity index (χ0) is 27.0. The van der Waals surface area contributed by atoms with Crippen molar-refractivity contribution < 1.29 is 14.1 Å². The molecule has 0 unspecified atom stereocenters. The summed E-state index contributed by atoms with van der Waals surface area (Å²) in [5.41, 5.74) is 3.65. The number of nitrogens with zero attached hydrogens (tertiary/aromatic N) is 7. The van der Waals surface area contributed by atoms with Gasteiger partial charge in [0.15, 0.2) is 11.9 Å². The van der Waals surface area contributed by atoms with Gasteiger partial charge in [-0.05, 0) is 69.7 Å². The predicted octanol–water partition coefficient (Wildman–Crippen LogP) is 5.50. The van der Waals surface area contributed by atoms with Gasteiger partial charge in [0.25, 0.3) is 0 Å². The van der Waals surface area contributed by atoms with Crippen molar-refractivity contribution in [1.82, 2.24) is 24.5 Å². The first-order valence-corrected chi connectivity index (χ1v) is 12.8. The van der Waals surface area contributed by atoms with E-state index in [1.54, 1.807) is 24.7 Å². The predicted molar refractivity (Wildman–Crippen MR) is 139 cm³/mol. The Morgan fingerprint density at radius 2 is 2.08 bits per heavy atom. The minimum Gasteiger partial charge on any atom is -0.478 e. The first kappa shape index (κ1) is 25.5. The quantitative estimate of drug-likeness (QED) is 0.189. The molecule has 10 nitrogen and oxygen atoms in total. The van der Waals surface area contributed by atoms with Crippen molar-refractivity contribution in [3.05, 3.63) is 85.6 Å². The summed E-state index contributed by atoms with van der Waals surface area (Å²) in [5, 5.41) is 30.2. The van der Waals surface area contributed by atoms with E-state index in [4.69, 9.17) is 4.74 Å². The molecular formula is C26H23BrFN7O3. The lowest BCUT2D eigenvalue weighted by atomic mass is 9.96. The van der Waals surface area contributed by atoms with Crippen molar-refractivity contribution in [1.29, 1.82) is 5.26 Å². The van der Waals surface area contributed by atoms with Crippen LogP contribution >= 0.6 is 15.9 Å². The van der Waals surface area contributed by atoms with Crippen LogP contribution in [0.25, 0.3) is 11.3 Å². The Morgan fingerprint density at radius 3 is 2.79 bits per heavy atom. The van der Waals surface area contributed by atoms with Gasteiger partial charge in [-0.3, -0.25) is 9.36 Å². The van der Waals surface area contributed by atoms with Gasteiger partial charge in [0.2, 0.25) is 5.75 Å². The molecule has 0 aliphatic heterocycles. The zero-order valence-corrected chi connectivity index (χ0v) is 22.2. The van der Waals surface area contributed by atoms with Gasteiger partial charge in [-0.2, -0.15) is 15.5 Å². The summed E-state index contributed by atoms with van der Waals surface area (Å²) in [6, 6.07) is 7.93. The molecule has 38 heavy (non-hydrogen) atoms. The number of nitriles is 1. The highest BCUT2D eigenvalue weighted by atomic mass is 79.9. The average Bonchev–Trinajstić information content (AvgIpc) is 3.49. The van der Waals surface area contributed by atoms with Crippen LogP contribution in [0.2, 0.25) is 0 Å². The first-order valence-electron chi connectivity index (χ1n) is 12.0. The molecule has 1 aliphatic carbocycles. The van der Waals surface area contributed by atoms with Gasteiger partial charge in [0, 0.05) is 60.7 Å². The van der Waals surface area contributed by atoms with Crippen LogP contribution in [0.3, 0.4) is 0 Å². The summed E-state index contributed by atoms with van der Waals surface area (Å²) >= 11 is 3.26. The normalized spacial score (nSPS) is 13.8. The number of nitro groups is 1. The highest BCUT2D eigenvalue weighted by Gasteiger charge is 2.26. The summed E-state index contributed by atoms with van der Waals surface area (Å²) in [7, 11) is 1.79. The monoisotopic (exact) mass is 579 g/mol. The number of aryl methyl sites for hydroxylation is 1. The molecule has 0 radical (unpaired) electrons. The molecule has 194 valence electrons. The van der Waals surface area contributed by atoms with Crippen molar-refractivity contribution in [2.24, 2.45) is 13.0 Å². The van der Waals surface area contributed by atoms with E-state index >= 15 is 0 Å². The van der Waals surface area contributed by atoms with E-state index in [2.05, 4.69) is 37.2 Å². The lowest BCUT2D eigenvalue weighted by Gasteiger charge is -2.18. The van der Waals surface area contributed by atoms with Gasteiger partial charge in [-0.1, -0.05) is 0 Å². The zero-order valence-electron chi connectivity index (χ0n) is 20.6. The van der Waals surface area contributed by atoms with Crippen LogP contribution in [0.4, 0.5) is 10.2 Å². The van der Waals surface area contributed by atoms with Crippen molar-refractivity contribution >= 4 is 21.7 Å². The fourth-order valence-corrected chi connectivity index (χ4v) is 4.73. The maximum atomic E-state index is 14.4. The standard InChI is InChI=1S/C26H23BrFN7O3/c1-15(38-24-8-19(27)11-30-26(24)35(36)37)22-9-20(28)5-6-21(22)25-18(13-33(2)32-25)7-17-14-34(12-16-3-4-16)31-23(17)10-29/h5-6,8-9,11,13-16H,3-4,7,12H2,1-2H3/t15-/m1/s1. The van der Waals surface area contributed by atoms with Gasteiger partial charge < -0.3 is 14.9 Å². The van der Waals surface area contributed by atoms with E-state index in [-0.39, 0.29) is 5.75 Å². The minimum atomic E-state index is -0.777. The summed E-state index contributed by atoms with van der Waals surface area (Å²) < 4.78 is 24.4. The minimum absolute atomic E-state index is 0.0462. The van der Waals surface area contributed by atoms with E-state index < -0.39 is 22.7 Å². The maximum absolute atomic E-state index is 14.4. The molecule has 0 amide bonds. The van der Waals surface area contributed by atoms with E-state index in [0.29, 0.717) is 39.3 Å². The molecule has 1 saturated carbocycles. The Kier molecular flexibility index (Phi) is 6.94. The molecule has 12 heteroatoms. The molecule has 4 aromatic rings. The molecule has 0 spiro atoms. The van der Waals surface area contributed by atoms with Gasteiger partial charge in [0.05, 0.1) is 10.2 Å². The second-order valence-electron chi connectivity index (χ2n) is 9.36. The third-order valence-corrected chi connectivity index (χ3v) is 6.79. The van der Waals surface area contributed by atoms with E-state index in [9.17, 15) is 19.8 Å². The number of rotatable bonds is 9. The Hall–Kier alpha value is -4.11. The molecule has 1 atom stereocenters. The second kappa shape index (κ2) is 10.3. The number of halogens is 2. The van der Waals surface area contributed by atoms with Crippen LogP contribution < -0.4 is 4.74 Å². The topological polar surface area (TPSA) is 125 Å². The molecule has 3 aromatic heterocycles. The molecule has 1 aromatic carbocycles. The van der Waals surface area contributed by atoms with Gasteiger partial charge >= 0.3 is 5.82 Å². The third-order valence-electron chi connectivity index (χ3n) is 6.35. The molecule has 0 saturated heterocycles. The van der Waals surface area contributed by atoms with Crippen molar-refractivity contribution in [2.75, 3.05) is 0 Å². The lowest BCUT2D eigenvalue weighted by Crippen LogP contribution is -2.08. The maximum Gasteiger partial charge on any atom is 0.406 e. The number of ether oxygens (including phenoxy) is 1. The number of benzene rings is 1. The Bertz CT molecular complexity index is 1570. The number of hydrogen-bond acceptors (Lipinski definition) is 7. The van der Waals surface area contributed by atoms with Crippen LogP contribution in [-0.2, 0) is 20.0 Å². The molecule has 1 fully saturated rings. The molecule has 0 N–H and O–H groups in total. The second-order valence-corrected chi connectivity index (χ2v) is 10.3. The van der Waals surface area contributed by atoms with Crippen molar-refractivity contribution in [3.63, 3.8) is 0 Å². The number of hydrogen-bond donors (Lipinski definition) is 0. The van der Waals surface area contributed by atoms with E-state index in [0.717, 1.165) is 17.7 Å². The average molecular weight is 580 g/mol. The molecule has 3 heterocycles. The third kappa shape index (κ3) is 5.43. The summed E-state index contributed by atoms with van der Waals surface area (Å²) in [6.07, 6.45) is 7.06. The number of aromatic nitrogens is 5. The van der Waals surface area contributed by atoms with Gasteiger partial charge in [-0.25, -0.2) is 4.39 Å².